The van der Waals surface area contributed by atoms with E-state index < -0.39 is 19.3 Å². The lowest BCUT2D eigenvalue weighted by atomic mass is 10.1. The minimum absolute atomic E-state index is 0.0592. The second-order valence-corrected chi connectivity index (χ2v) is 15.5. The number of hydrogen-bond acceptors (Lipinski definition) is 7. The van der Waals surface area contributed by atoms with Gasteiger partial charge in [0.1, 0.15) is 5.75 Å². The smallest absolute Gasteiger partial charge is 0.413 e. The van der Waals surface area contributed by atoms with Gasteiger partial charge in [0.15, 0.2) is 8.32 Å². The molecule has 0 aliphatic heterocycles. The van der Waals surface area contributed by atoms with Gasteiger partial charge in [-0.15, -0.1) is 11.3 Å². The first kappa shape index (κ1) is 26.9. The minimum Gasteiger partial charge on any atom is -0.417 e. The van der Waals surface area contributed by atoms with Crippen LogP contribution in [0.4, 0.5) is 10.5 Å². The molecule has 8 nitrogen and oxygen atoms in total. The maximum atomic E-state index is 12.5. The molecule has 1 aromatic heterocycles. The first-order valence-electron chi connectivity index (χ1n) is 11.2. The number of carbonyl (C=O) groups is 1. The summed E-state index contributed by atoms with van der Waals surface area (Å²) in [5.41, 5.74) is 0.756. The van der Waals surface area contributed by atoms with Crippen LogP contribution in [0.15, 0.2) is 29.6 Å². The molecule has 0 fully saturated rings. The van der Waals surface area contributed by atoms with Crippen molar-refractivity contribution in [1.82, 2.24) is 10.3 Å². The van der Waals surface area contributed by atoms with Gasteiger partial charge in [-0.2, -0.15) is 0 Å². The maximum Gasteiger partial charge on any atom is 0.413 e. The Kier molecular flexibility index (Phi) is 9.56. The molecule has 0 aliphatic carbocycles. The number of nitrogens with one attached hydrogen (secondary N) is 1. The molecule has 182 valence electrons. The summed E-state index contributed by atoms with van der Waals surface area (Å²) in [5, 5.41) is 16.8. The molecule has 2 rings (SSSR count). The summed E-state index contributed by atoms with van der Waals surface area (Å²) in [6.45, 7) is 13.9. The summed E-state index contributed by atoms with van der Waals surface area (Å²) in [7, 11) is -1.73. The highest BCUT2D eigenvalue weighted by atomic mass is 32.1. The zero-order valence-electron chi connectivity index (χ0n) is 20.3. The van der Waals surface area contributed by atoms with Gasteiger partial charge in [0.25, 0.3) is 5.69 Å². The molecule has 1 N–H and O–H groups in total. The molecule has 1 amide bonds. The van der Waals surface area contributed by atoms with Gasteiger partial charge >= 0.3 is 6.09 Å². The highest BCUT2D eigenvalue weighted by Crippen LogP contribution is 2.36. The Bertz CT molecular complexity index is 925. The van der Waals surface area contributed by atoms with Crippen molar-refractivity contribution >= 4 is 31.4 Å². The van der Waals surface area contributed by atoms with E-state index in [2.05, 4.69) is 44.2 Å². The monoisotopic (exact) mass is 493 g/mol. The Morgan fingerprint density at radius 2 is 1.88 bits per heavy atom. The first-order valence-corrected chi connectivity index (χ1v) is 15.0. The van der Waals surface area contributed by atoms with E-state index in [0.717, 1.165) is 43.0 Å². The highest BCUT2D eigenvalue weighted by molar-refractivity contribution is 7.09. The largest absolute Gasteiger partial charge is 0.417 e. The zero-order chi connectivity index (χ0) is 24.6. The summed E-state index contributed by atoms with van der Waals surface area (Å²) < 4.78 is 11.5. The number of unbranched alkanes of at least 4 members (excludes halogenated alkanes) is 2. The highest BCUT2D eigenvalue weighted by Gasteiger charge is 2.36. The molecular weight excluding hydrogens is 458 g/mol. The summed E-state index contributed by atoms with van der Waals surface area (Å²) >= 11 is 1.54. The van der Waals surface area contributed by atoms with E-state index >= 15 is 0 Å². The third-order valence-electron chi connectivity index (χ3n) is 5.95. The third kappa shape index (κ3) is 8.52. The molecule has 1 heterocycles. The maximum absolute atomic E-state index is 12.5. The van der Waals surface area contributed by atoms with Crippen LogP contribution >= 0.6 is 11.3 Å². The van der Waals surface area contributed by atoms with Gasteiger partial charge in [-0.3, -0.25) is 10.1 Å². The summed E-state index contributed by atoms with van der Waals surface area (Å²) in [5.74, 6) is 0.245. The number of nitro groups is 1. The molecule has 1 unspecified atom stereocenters. The molecule has 2 aromatic rings. The number of nitro benzene ring substituents is 1. The Balaban J connectivity index is 1.86. The minimum atomic E-state index is -1.73. The third-order valence-corrected chi connectivity index (χ3v) is 11.3. The fourth-order valence-corrected chi connectivity index (χ4v) is 4.67. The number of nitrogens with zero attached hydrogens (tertiary/aromatic N) is 2. The number of non-ortho nitro benzene ring substituents is 1. The predicted molar refractivity (Wildman–Crippen MR) is 133 cm³/mol. The lowest BCUT2D eigenvalue weighted by molar-refractivity contribution is -0.384. The van der Waals surface area contributed by atoms with Crippen molar-refractivity contribution in [2.45, 2.75) is 77.6 Å². The normalized spacial score (nSPS) is 12.9. The Morgan fingerprint density at radius 3 is 2.42 bits per heavy atom. The molecule has 0 aliphatic rings. The van der Waals surface area contributed by atoms with E-state index in [1.807, 2.05) is 12.3 Å². The van der Waals surface area contributed by atoms with E-state index in [9.17, 15) is 14.9 Å². The van der Waals surface area contributed by atoms with E-state index in [1.54, 1.807) is 0 Å². The van der Waals surface area contributed by atoms with Gasteiger partial charge < -0.3 is 14.5 Å². The average Bonchev–Trinajstić information content (AvgIpc) is 3.15. The fraction of sp³-hybridized carbons (Fsp3) is 0.565. The molecule has 0 bridgehead atoms. The number of aromatic nitrogens is 1. The lowest BCUT2D eigenvalue weighted by Crippen LogP contribution is -2.40. The van der Waals surface area contributed by atoms with E-state index in [0.29, 0.717) is 0 Å². The van der Waals surface area contributed by atoms with Crippen LogP contribution in [0.2, 0.25) is 18.1 Å². The van der Waals surface area contributed by atoms with E-state index in [4.69, 9.17) is 9.16 Å². The summed E-state index contributed by atoms with van der Waals surface area (Å²) in [6.07, 6.45) is 3.01. The molecule has 0 saturated carbocycles. The van der Waals surface area contributed by atoms with Crippen molar-refractivity contribution in [2.24, 2.45) is 0 Å². The number of rotatable bonds is 11. The second kappa shape index (κ2) is 11.7. The van der Waals surface area contributed by atoms with Crippen molar-refractivity contribution in [2.75, 3.05) is 6.61 Å². The van der Waals surface area contributed by atoms with Crippen LogP contribution in [0.5, 0.6) is 5.75 Å². The summed E-state index contributed by atoms with van der Waals surface area (Å²) in [6, 6.07) is 5.15. The zero-order valence-corrected chi connectivity index (χ0v) is 22.2. The Labute approximate surface area is 201 Å². The number of amides is 1. The number of ether oxygens (including phenoxy) is 1. The standard InChI is InChI=1S/C23H35N3O5SSi/c1-17-24-21(16-32-17)20(10-8-7-9-15-30-33(5,6)23(2,3)4)25-22(27)31-19-13-11-18(12-14-19)26(28)29/h11-14,16,20H,7-10,15H2,1-6H3,(H,25,27). The van der Waals surface area contributed by atoms with Crippen molar-refractivity contribution < 1.29 is 18.9 Å². The number of aryl methyl sites for hydroxylation is 1. The molecule has 0 spiro atoms. The van der Waals surface area contributed by atoms with Gasteiger partial charge in [0, 0.05) is 24.1 Å². The summed E-state index contributed by atoms with van der Waals surface area (Å²) in [4.78, 5) is 27.3. The van der Waals surface area contributed by atoms with Gasteiger partial charge in [-0.1, -0.05) is 33.6 Å². The number of thiazole rings is 1. The molecule has 1 aromatic carbocycles. The lowest BCUT2D eigenvalue weighted by Gasteiger charge is -2.36. The van der Waals surface area contributed by atoms with Crippen LogP contribution in [-0.4, -0.2) is 30.9 Å². The molecule has 33 heavy (non-hydrogen) atoms. The van der Waals surface area contributed by atoms with Crippen molar-refractivity contribution in [3.05, 3.63) is 50.5 Å². The quantitative estimate of drug-likeness (QED) is 0.160. The average molecular weight is 494 g/mol. The van der Waals surface area contributed by atoms with Crippen LogP contribution in [0.3, 0.4) is 0 Å². The van der Waals surface area contributed by atoms with Crippen molar-refractivity contribution in [3.63, 3.8) is 0 Å². The number of benzene rings is 1. The predicted octanol–water partition coefficient (Wildman–Crippen LogP) is 6.77. The fourth-order valence-electron chi connectivity index (χ4n) is 2.92. The molecule has 0 saturated heterocycles. The second-order valence-electron chi connectivity index (χ2n) is 9.59. The molecule has 10 heteroatoms. The SMILES string of the molecule is Cc1nc(C(CCCCCO[Si](C)(C)C(C)(C)C)NC(=O)Oc2ccc([N+](=O)[O-])cc2)cs1. The number of hydrogen-bond donors (Lipinski definition) is 1. The van der Waals surface area contributed by atoms with Crippen molar-refractivity contribution in [3.8, 4) is 5.75 Å². The van der Waals surface area contributed by atoms with Crippen LogP contribution < -0.4 is 10.1 Å². The Hall–Kier alpha value is -2.30. The van der Waals surface area contributed by atoms with Gasteiger partial charge in [-0.05, 0) is 50.0 Å². The van der Waals surface area contributed by atoms with Crippen LogP contribution in [0, 0.1) is 17.0 Å². The van der Waals surface area contributed by atoms with Crippen LogP contribution in [0.1, 0.15) is 63.2 Å². The van der Waals surface area contributed by atoms with Gasteiger partial charge in [-0.25, -0.2) is 9.78 Å². The number of carbonyl (C=O) groups excluding carboxylic acids is 1. The van der Waals surface area contributed by atoms with E-state index in [1.165, 1.54) is 35.6 Å². The molecule has 0 radical (unpaired) electrons. The first-order chi connectivity index (χ1) is 15.4. The van der Waals surface area contributed by atoms with E-state index in [-0.39, 0.29) is 22.5 Å². The molecule has 1 atom stereocenters. The van der Waals surface area contributed by atoms with Crippen LogP contribution in [-0.2, 0) is 4.43 Å². The molecular formula is C23H35N3O5SSi. The topological polar surface area (TPSA) is 104 Å². The van der Waals surface area contributed by atoms with Gasteiger partial charge in [0.2, 0.25) is 0 Å². The van der Waals surface area contributed by atoms with Crippen LogP contribution in [0.25, 0.3) is 0 Å². The Morgan fingerprint density at radius 1 is 1.21 bits per heavy atom. The van der Waals surface area contributed by atoms with Crippen molar-refractivity contribution in [1.29, 1.82) is 0 Å². The van der Waals surface area contributed by atoms with Gasteiger partial charge in [0.05, 0.1) is 21.7 Å².